The molecule has 3 aliphatic rings. The first-order chi connectivity index (χ1) is 17.6. The summed E-state index contributed by atoms with van der Waals surface area (Å²) in [5, 5.41) is 3.54. The SMILES string of the molecule is CCOc1cc(C2Nc3ccccc3C(=O)N2CC2CCCO2)ccc1OCC(=O)N1CCCCC1. The maximum absolute atomic E-state index is 13.5. The van der Waals surface area contributed by atoms with Gasteiger partial charge in [-0.2, -0.15) is 0 Å². The summed E-state index contributed by atoms with van der Waals surface area (Å²) in [7, 11) is 0. The highest BCUT2D eigenvalue weighted by Crippen LogP contribution is 2.37. The average Bonchev–Trinajstić information content (AvgIpc) is 3.43. The minimum absolute atomic E-state index is 0.000106. The Balaban J connectivity index is 1.38. The number of amides is 2. The summed E-state index contributed by atoms with van der Waals surface area (Å²) in [5.41, 5.74) is 2.35. The average molecular weight is 494 g/mol. The number of hydrogen-bond acceptors (Lipinski definition) is 6. The van der Waals surface area contributed by atoms with Crippen LogP contribution in [0.1, 0.15) is 61.1 Å². The predicted octanol–water partition coefficient (Wildman–Crippen LogP) is 4.22. The van der Waals surface area contributed by atoms with Crippen molar-refractivity contribution in [1.82, 2.24) is 9.80 Å². The molecule has 36 heavy (non-hydrogen) atoms. The van der Waals surface area contributed by atoms with Crippen molar-refractivity contribution >= 4 is 17.5 Å². The van der Waals surface area contributed by atoms with E-state index in [0.717, 1.165) is 56.6 Å². The van der Waals surface area contributed by atoms with Gasteiger partial charge in [-0.25, -0.2) is 0 Å². The number of rotatable bonds is 8. The van der Waals surface area contributed by atoms with E-state index in [4.69, 9.17) is 14.2 Å². The molecule has 3 aliphatic heterocycles. The van der Waals surface area contributed by atoms with E-state index in [-0.39, 0.29) is 30.7 Å². The fourth-order valence-electron chi connectivity index (χ4n) is 5.21. The monoisotopic (exact) mass is 493 g/mol. The highest BCUT2D eigenvalue weighted by molar-refractivity contribution is 6.01. The third-order valence-corrected chi connectivity index (χ3v) is 7.09. The smallest absolute Gasteiger partial charge is 0.260 e. The molecule has 0 radical (unpaired) electrons. The zero-order chi connectivity index (χ0) is 24.9. The molecule has 0 spiro atoms. The number of para-hydroxylation sites is 1. The highest BCUT2D eigenvalue weighted by Gasteiger charge is 2.35. The molecule has 0 aliphatic carbocycles. The second-order valence-corrected chi connectivity index (χ2v) is 9.55. The number of nitrogens with one attached hydrogen (secondary N) is 1. The third-order valence-electron chi connectivity index (χ3n) is 7.09. The van der Waals surface area contributed by atoms with Crippen molar-refractivity contribution < 1.29 is 23.8 Å². The summed E-state index contributed by atoms with van der Waals surface area (Å²) in [4.78, 5) is 29.9. The Morgan fingerprint density at radius 2 is 1.89 bits per heavy atom. The molecular formula is C28H35N3O5. The number of hydrogen-bond donors (Lipinski definition) is 1. The van der Waals surface area contributed by atoms with Crippen LogP contribution >= 0.6 is 0 Å². The Morgan fingerprint density at radius 3 is 2.67 bits per heavy atom. The van der Waals surface area contributed by atoms with Gasteiger partial charge in [-0.1, -0.05) is 18.2 Å². The van der Waals surface area contributed by atoms with Crippen molar-refractivity contribution in [2.24, 2.45) is 0 Å². The molecule has 192 valence electrons. The molecule has 2 fully saturated rings. The number of likely N-dealkylation sites (tertiary alicyclic amines) is 1. The van der Waals surface area contributed by atoms with Gasteiger partial charge in [0, 0.05) is 31.9 Å². The van der Waals surface area contributed by atoms with Crippen molar-refractivity contribution in [2.45, 2.75) is 51.3 Å². The molecular weight excluding hydrogens is 458 g/mol. The highest BCUT2D eigenvalue weighted by atomic mass is 16.5. The van der Waals surface area contributed by atoms with Crippen molar-refractivity contribution in [3.05, 3.63) is 53.6 Å². The molecule has 8 heteroatoms. The minimum Gasteiger partial charge on any atom is -0.490 e. The van der Waals surface area contributed by atoms with E-state index in [1.807, 2.05) is 59.2 Å². The van der Waals surface area contributed by atoms with Crippen LogP contribution in [0.3, 0.4) is 0 Å². The number of carbonyl (C=O) groups excluding carboxylic acids is 2. The van der Waals surface area contributed by atoms with Gasteiger partial charge in [0.25, 0.3) is 11.8 Å². The Kier molecular flexibility index (Phi) is 7.60. The number of nitrogens with zero attached hydrogens (tertiary/aromatic N) is 2. The van der Waals surface area contributed by atoms with Crippen LogP contribution in [-0.4, -0.2) is 67.2 Å². The zero-order valence-corrected chi connectivity index (χ0v) is 20.9. The van der Waals surface area contributed by atoms with Gasteiger partial charge < -0.3 is 29.3 Å². The topological polar surface area (TPSA) is 80.3 Å². The fraction of sp³-hybridized carbons (Fsp3) is 0.500. The van der Waals surface area contributed by atoms with Crippen LogP contribution in [-0.2, 0) is 9.53 Å². The van der Waals surface area contributed by atoms with E-state index in [2.05, 4.69) is 5.32 Å². The molecule has 2 aromatic rings. The summed E-state index contributed by atoms with van der Waals surface area (Å²) in [6.07, 6.45) is 4.87. The van der Waals surface area contributed by atoms with Crippen molar-refractivity contribution in [3.63, 3.8) is 0 Å². The minimum atomic E-state index is -0.375. The molecule has 5 rings (SSSR count). The van der Waals surface area contributed by atoms with Crippen LogP contribution in [0.25, 0.3) is 0 Å². The van der Waals surface area contributed by atoms with E-state index in [1.54, 1.807) is 0 Å². The normalized spacial score (nSPS) is 21.6. The fourth-order valence-corrected chi connectivity index (χ4v) is 5.21. The molecule has 0 bridgehead atoms. The third kappa shape index (κ3) is 5.28. The van der Waals surface area contributed by atoms with Gasteiger partial charge in [-0.15, -0.1) is 0 Å². The predicted molar refractivity (Wildman–Crippen MR) is 136 cm³/mol. The first kappa shape index (κ1) is 24.4. The largest absolute Gasteiger partial charge is 0.490 e. The van der Waals surface area contributed by atoms with Crippen LogP contribution in [0, 0.1) is 0 Å². The molecule has 2 unspecified atom stereocenters. The molecule has 3 heterocycles. The van der Waals surface area contributed by atoms with Crippen molar-refractivity contribution in [3.8, 4) is 11.5 Å². The van der Waals surface area contributed by atoms with Crippen LogP contribution in [0.2, 0.25) is 0 Å². The van der Waals surface area contributed by atoms with Gasteiger partial charge in [0.05, 0.1) is 18.3 Å². The van der Waals surface area contributed by atoms with Crippen LogP contribution in [0.5, 0.6) is 11.5 Å². The number of fused-ring (bicyclic) bond motifs is 1. The molecule has 2 atom stereocenters. The molecule has 2 saturated heterocycles. The van der Waals surface area contributed by atoms with E-state index in [1.165, 1.54) is 6.42 Å². The van der Waals surface area contributed by atoms with E-state index in [9.17, 15) is 9.59 Å². The van der Waals surface area contributed by atoms with Crippen molar-refractivity contribution in [1.29, 1.82) is 0 Å². The number of benzene rings is 2. The van der Waals surface area contributed by atoms with Gasteiger partial charge in [0.1, 0.15) is 6.17 Å². The second-order valence-electron chi connectivity index (χ2n) is 9.55. The first-order valence-electron chi connectivity index (χ1n) is 13.1. The summed E-state index contributed by atoms with van der Waals surface area (Å²) >= 11 is 0. The van der Waals surface area contributed by atoms with Gasteiger partial charge in [-0.05, 0) is 68.9 Å². The lowest BCUT2D eigenvalue weighted by Gasteiger charge is -2.39. The lowest BCUT2D eigenvalue weighted by atomic mass is 10.0. The quantitative estimate of drug-likeness (QED) is 0.593. The number of anilines is 1. The number of carbonyl (C=O) groups is 2. The van der Waals surface area contributed by atoms with Crippen LogP contribution in [0.4, 0.5) is 5.69 Å². The Hall–Kier alpha value is -3.26. The lowest BCUT2D eigenvalue weighted by molar-refractivity contribution is -0.134. The zero-order valence-electron chi connectivity index (χ0n) is 20.9. The summed E-state index contributed by atoms with van der Waals surface area (Å²) < 4.78 is 17.7. The van der Waals surface area contributed by atoms with Gasteiger partial charge in [0.15, 0.2) is 18.1 Å². The Bertz CT molecular complexity index is 1080. The van der Waals surface area contributed by atoms with Crippen LogP contribution in [0.15, 0.2) is 42.5 Å². The van der Waals surface area contributed by atoms with Gasteiger partial charge in [0.2, 0.25) is 0 Å². The lowest BCUT2D eigenvalue weighted by Crippen LogP contribution is -2.46. The maximum Gasteiger partial charge on any atom is 0.260 e. The summed E-state index contributed by atoms with van der Waals surface area (Å²) in [5.74, 6) is 1.07. The van der Waals surface area contributed by atoms with E-state index >= 15 is 0 Å². The standard InChI is InChI=1S/C28H35N3O5/c1-2-34-25-17-20(12-13-24(25)36-19-26(32)30-14-6-3-7-15-30)27-29-23-11-5-4-10-22(23)28(33)31(27)18-21-9-8-16-35-21/h4-5,10-13,17,21,27,29H,2-3,6-9,14-16,18-19H2,1H3. The van der Waals surface area contributed by atoms with E-state index < -0.39 is 0 Å². The number of ether oxygens (including phenoxy) is 3. The molecule has 2 aromatic carbocycles. The first-order valence-corrected chi connectivity index (χ1v) is 13.1. The molecule has 1 N–H and O–H groups in total. The molecule has 0 saturated carbocycles. The molecule has 8 nitrogen and oxygen atoms in total. The summed E-state index contributed by atoms with van der Waals surface area (Å²) in [6, 6.07) is 13.3. The molecule has 0 aromatic heterocycles. The summed E-state index contributed by atoms with van der Waals surface area (Å²) in [6.45, 7) is 5.19. The van der Waals surface area contributed by atoms with E-state index in [0.29, 0.717) is 30.2 Å². The van der Waals surface area contributed by atoms with Gasteiger partial charge >= 0.3 is 0 Å². The van der Waals surface area contributed by atoms with Crippen molar-refractivity contribution in [2.75, 3.05) is 44.8 Å². The Morgan fingerprint density at radius 1 is 1.06 bits per heavy atom. The number of piperidine rings is 1. The Labute approximate surface area is 212 Å². The van der Waals surface area contributed by atoms with Crippen LogP contribution < -0.4 is 14.8 Å². The maximum atomic E-state index is 13.5. The molecule has 2 amide bonds. The van der Waals surface area contributed by atoms with Gasteiger partial charge in [-0.3, -0.25) is 9.59 Å². The second kappa shape index (κ2) is 11.2.